The number of ketones is 1. The van der Waals surface area contributed by atoms with Crippen LogP contribution in [0.2, 0.25) is 0 Å². The minimum absolute atomic E-state index is 0.308. The van der Waals surface area contributed by atoms with Crippen molar-refractivity contribution in [1.82, 2.24) is 0 Å². The molecule has 1 aromatic carbocycles. The molecular weight excluding hydrogens is 218 g/mol. The lowest BCUT2D eigenvalue weighted by molar-refractivity contribution is -0.128. The van der Waals surface area contributed by atoms with Gasteiger partial charge in [0.05, 0.1) is 14.2 Å². The quantitative estimate of drug-likeness (QED) is 0.776. The summed E-state index contributed by atoms with van der Waals surface area (Å²) in [6.07, 6.45) is -3.24. The second-order valence-corrected chi connectivity index (χ2v) is 3.13. The summed E-state index contributed by atoms with van der Waals surface area (Å²) in [6.45, 7) is 0. The minimum atomic E-state index is -2.94. The summed E-state index contributed by atoms with van der Waals surface area (Å²) < 4.78 is 34.1. The van der Waals surface area contributed by atoms with Gasteiger partial charge in [0.15, 0.2) is 11.5 Å². The molecule has 0 aliphatic carbocycles. The van der Waals surface area contributed by atoms with Gasteiger partial charge in [-0.3, -0.25) is 4.79 Å². The lowest BCUT2D eigenvalue weighted by Crippen LogP contribution is -2.12. The molecule has 0 aliphatic heterocycles. The number of hydrogen-bond donors (Lipinski definition) is 0. The number of Topliss-reactive ketones (excluding diaryl/α,β-unsaturated/α-hetero) is 1. The highest BCUT2D eigenvalue weighted by atomic mass is 19.3. The predicted octanol–water partition coefficient (Wildman–Crippen LogP) is 2.08. The Labute approximate surface area is 92.0 Å². The first kappa shape index (κ1) is 12.4. The van der Waals surface area contributed by atoms with Crippen molar-refractivity contribution in [2.75, 3.05) is 14.2 Å². The standard InChI is InChI=1S/C11H12F2O3/c1-15-9-4-3-7(6-10(9)16-2)5-8(14)11(12)13/h3-4,6,11H,5H2,1-2H3. The van der Waals surface area contributed by atoms with Gasteiger partial charge in [-0.15, -0.1) is 0 Å². The van der Waals surface area contributed by atoms with Gasteiger partial charge in [-0.05, 0) is 17.7 Å². The number of benzene rings is 1. The van der Waals surface area contributed by atoms with Crippen LogP contribution in [0.5, 0.6) is 11.5 Å². The van der Waals surface area contributed by atoms with Gasteiger partial charge in [0.1, 0.15) is 0 Å². The van der Waals surface area contributed by atoms with Crippen LogP contribution in [0.4, 0.5) is 8.78 Å². The number of halogens is 2. The largest absolute Gasteiger partial charge is 0.493 e. The molecule has 0 heterocycles. The van der Waals surface area contributed by atoms with Crippen molar-refractivity contribution in [2.45, 2.75) is 12.8 Å². The molecule has 0 bridgehead atoms. The average Bonchev–Trinajstić information content (AvgIpc) is 2.28. The fraction of sp³-hybridized carbons (Fsp3) is 0.364. The van der Waals surface area contributed by atoms with E-state index in [1.807, 2.05) is 0 Å². The molecule has 0 N–H and O–H groups in total. The van der Waals surface area contributed by atoms with Gasteiger partial charge >= 0.3 is 0 Å². The van der Waals surface area contributed by atoms with E-state index in [4.69, 9.17) is 9.47 Å². The van der Waals surface area contributed by atoms with E-state index < -0.39 is 12.2 Å². The van der Waals surface area contributed by atoms with E-state index in [-0.39, 0.29) is 6.42 Å². The van der Waals surface area contributed by atoms with Crippen LogP contribution in [0.15, 0.2) is 18.2 Å². The molecule has 1 aromatic rings. The van der Waals surface area contributed by atoms with Crippen LogP contribution in [0.1, 0.15) is 5.56 Å². The number of carbonyl (C=O) groups excluding carboxylic acids is 1. The second-order valence-electron chi connectivity index (χ2n) is 3.13. The van der Waals surface area contributed by atoms with Crippen LogP contribution in [0, 0.1) is 0 Å². The van der Waals surface area contributed by atoms with Gasteiger partial charge in [-0.1, -0.05) is 6.07 Å². The number of rotatable bonds is 5. The highest BCUT2D eigenvalue weighted by molar-refractivity contribution is 5.83. The molecule has 3 nitrogen and oxygen atoms in total. The first-order chi connectivity index (χ1) is 7.58. The molecule has 0 radical (unpaired) electrons. The molecule has 0 unspecified atom stereocenters. The van der Waals surface area contributed by atoms with E-state index >= 15 is 0 Å². The molecule has 0 aromatic heterocycles. The van der Waals surface area contributed by atoms with E-state index in [1.54, 1.807) is 12.1 Å². The number of ether oxygens (including phenoxy) is 2. The molecule has 0 amide bonds. The zero-order chi connectivity index (χ0) is 12.1. The number of carbonyl (C=O) groups is 1. The van der Waals surface area contributed by atoms with Crippen molar-refractivity contribution in [1.29, 1.82) is 0 Å². The van der Waals surface area contributed by atoms with E-state index in [9.17, 15) is 13.6 Å². The number of alkyl halides is 2. The Hall–Kier alpha value is -1.65. The molecule has 0 fully saturated rings. The summed E-state index contributed by atoms with van der Waals surface area (Å²) in [5.41, 5.74) is 0.475. The van der Waals surface area contributed by atoms with E-state index in [1.165, 1.54) is 20.3 Å². The number of methoxy groups -OCH3 is 2. The van der Waals surface area contributed by atoms with Crippen LogP contribution in [0.3, 0.4) is 0 Å². The maximum absolute atomic E-state index is 12.0. The Balaban J connectivity index is 2.87. The summed E-state index contributed by atoms with van der Waals surface area (Å²) >= 11 is 0. The Bertz CT molecular complexity index is 377. The molecule has 0 spiro atoms. The summed E-state index contributed by atoms with van der Waals surface area (Å²) in [5.74, 6) is -0.190. The Morgan fingerprint density at radius 1 is 1.25 bits per heavy atom. The smallest absolute Gasteiger partial charge is 0.296 e. The summed E-state index contributed by atoms with van der Waals surface area (Å²) in [7, 11) is 2.92. The monoisotopic (exact) mass is 230 g/mol. The van der Waals surface area contributed by atoms with Crippen molar-refractivity contribution < 1.29 is 23.0 Å². The SMILES string of the molecule is COc1ccc(CC(=O)C(F)F)cc1OC. The lowest BCUT2D eigenvalue weighted by Gasteiger charge is -2.09. The van der Waals surface area contributed by atoms with E-state index in [0.29, 0.717) is 17.1 Å². The molecule has 0 atom stereocenters. The van der Waals surface area contributed by atoms with Gasteiger partial charge in [0.25, 0.3) is 6.43 Å². The third kappa shape index (κ3) is 2.92. The molecular formula is C11H12F2O3. The normalized spacial score (nSPS) is 10.3. The van der Waals surface area contributed by atoms with Crippen LogP contribution in [-0.4, -0.2) is 26.4 Å². The van der Waals surface area contributed by atoms with Crippen molar-refractivity contribution >= 4 is 5.78 Å². The number of hydrogen-bond acceptors (Lipinski definition) is 3. The van der Waals surface area contributed by atoms with Crippen molar-refractivity contribution in [2.24, 2.45) is 0 Å². The molecule has 0 saturated heterocycles. The van der Waals surface area contributed by atoms with Crippen LogP contribution >= 0.6 is 0 Å². The van der Waals surface area contributed by atoms with Gasteiger partial charge in [0, 0.05) is 6.42 Å². The third-order valence-corrected chi connectivity index (χ3v) is 2.07. The average molecular weight is 230 g/mol. The summed E-state index contributed by atoms with van der Waals surface area (Å²) in [4.78, 5) is 10.8. The van der Waals surface area contributed by atoms with E-state index in [0.717, 1.165) is 0 Å². The Morgan fingerprint density at radius 2 is 1.88 bits per heavy atom. The van der Waals surface area contributed by atoms with Gasteiger partial charge < -0.3 is 9.47 Å². The molecule has 0 saturated carbocycles. The molecule has 16 heavy (non-hydrogen) atoms. The first-order valence-corrected chi connectivity index (χ1v) is 4.60. The maximum Gasteiger partial charge on any atom is 0.296 e. The Morgan fingerprint density at radius 3 is 2.38 bits per heavy atom. The van der Waals surface area contributed by atoms with Crippen molar-refractivity contribution in [3.05, 3.63) is 23.8 Å². The highest BCUT2D eigenvalue weighted by Crippen LogP contribution is 2.27. The molecule has 0 aliphatic rings. The fourth-order valence-corrected chi connectivity index (χ4v) is 1.27. The van der Waals surface area contributed by atoms with Crippen molar-refractivity contribution in [3.8, 4) is 11.5 Å². The zero-order valence-electron chi connectivity index (χ0n) is 9.00. The van der Waals surface area contributed by atoms with Crippen LogP contribution < -0.4 is 9.47 Å². The molecule has 5 heteroatoms. The summed E-state index contributed by atoms with van der Waals surface area (Å²) in [6, 6.07) is 4.65. The highest BCUT2D eigenvalue weighted by Gasteiger charge is 2.16. The molecule has 1 rings (SSSR count). The van der Waals surface area contributed by atoms with E-state index in [2.05, 4.69) is 0 Å². The first-order valence-electron chi connectivity index (χ1n) is 4.60. The van der Waals surface area contributed by atoms with Gasteiger partial charge in [-0.25, -0.2) is 8.78 Å². The zero-order valence-corrected chi connectivity index (χ0v) is 9.00. The minimum Gasteiger partial charge on any atom is -0.493 e. The van der Waals surface area contributed by atoms with Gasteiger partial charge in [0.2, 0.25) is 5.78 Å². The predicted molar refractivity (Wildman–Crippen MR) is 54.3 cm³/mol. The fourth-order valence-electron chi connectivity index (χ4n) is 1.27. The maximum atomic E-state index is 12.0. The Kier molecular flexibility index (Phi) is 4.22. The van der Waals surface area contributed by atoms with Crippen LogP contribution in [0.25, 0.3) is 0 Å². The molecule has 88 valence electrons. The second kappa shape index (κ2) is 5.44. The lowest BCUT2D eigenvalue weighted by atomic mass is 10.1. The van der Waals surface area contributed by atoms with Crippen molar-refractivity contribution in [3.63, 3.8) is 0 Å². The topological polar surface area (TPSA) is 35.5 Å². The third-order valence-electron chi connectivity index (χ3n) is 2.07. The van der Waals surface area contributed by atoms with Crippen LogP contribution in [-0.2, 0) is 11.2 Å². The van der Waals surface area contributed by atoms with Gasteiger partial charge in [-0.2, -0.15) is 0 Å². The summed E-state index contributed by atoms with van der Waals surface area (Å²) in [5, 5.41) is 0.